The maximum atomic E-state index is 12.2. The molecule has 3 rings (SSSR count). The molecule has 1 N–H and O–H groups in total. The predicted molar refractivity (Wildman–Crippen MR) is 98.6 cm³/mol. The van der Waals surface area contributed by atoms with Gasteiger partial charge in [0.05, 0.1) is 23.7 Å². The number of fused-ring (bicyclic) bond motifs is 1. The molecular formula is C20H17NO5. The van der Waals surface area contributed by atoms with E-state index in [2.05, 4.69) is 9.73 Å². The van der Waals surface area contributed by atoms with E-state index in [1.54, 1.807) is 36.4 Å². The number of methoxy groups -OCH3 is 1. The molecule has 0 saturated carbocycles. The van der Waals surface area contributed by atoms with Crippen LogP contribution in [0.1, 0.15) is 28.4 Å². The van der Waals surface area contributed by atoms with Gasteiger partial charge in [-0.3, -0.25) is 4.99 Å². The predicted octanol–water partition coefficient (Wildman–Crippen LogP) is 3.60. The molecule has 1 aromatic heterocycles. The van der Waals surface area contributed by atoms with Crippen molar-refractivity contribution in [3.63, 3.8) is 0 Å². The third-order valence-electron chi connectivity index (χ3n) is 4.03. The van der Waals surface area contributed by atoms with Crippen LogP contribution >= 0.6 is 0 Å². The molecule has 2 aromatic carbocycles. The van der Waals surface area contributed by atoms with Crippen molar-refractivity contribution in [3.05, 3.63) is 69.6 Å². The number of nitrogens with zero attached hydrogens (tertiary/aromatic N) is 1. The molecule has 26 heavy (non-hydrogen) atoms. The van der Waals surface area contributed by atoms with Crippen molar-refractivity contribution in [2.24, 2.45) is 4.99 Å². The Hall–Kier alpha value is -3.41. The van der Waals surface area contributed by atoms with E-state index in [0.717, 1.165) is 5.56 Å². The Bertz CT molecular complexity index is 1050. The molecule has 1 heterocycles. The van der Waals surface area contributed by atoms with E-state index in [1.807, 2.05) is 13.0 Å². The van der Waals surface area contributed by atoms with E-state index in [9.17, 15) is 14.7 Å². The SMILES string of the molecule is CCc1cccc2c(O)c(C=Nc3ccc(C(=O)OC)cc3)c(=O)oc12. The van der Waals surface area contributed by atoms with Crippen molar-refractivity contribution in [2.75, 3.05) is 7.11 Å². The minimum Gasteiger partial charge on any atom is -0.506 e. The summed E-state index contributed by atoms with van der Waals surface area (Å²) in [6.07, 6.45) is 1.94. The summed E-state index contributed by atoms with van der Waals surface area (Å²) < 4.78 is 10.0. The summed E-state index contributed by atoms with van der Waals surface area (Å²) in [7, 11) is 1.31. The van der Waals surface area contributed by atoms with Gasteiger partial charge in [-0.1, -0.05) is 19.1 Å². The van der Waals surface area contributed by atoms with Crippen molar-refractivity contribution >= 4 is 28.8 Å². The van der Waals surface area contributed by atoms with Gasteiger partial charge in [-0.2, -0.15) is 0 Å². The Morgan fingerprint density at radius 2 is 1.96 bits per heavy atom. The first-order valence-electron chi connectivity index (χ1n) is 8.05. The van der Waals surface area contributed by atoms with Crippen molar-refractivity contribution in [3.8, 4) is 5.75 Å². The molecule has 3 aromatic rings. The van der Waals surface area contributed by atoms with Crippen molar-refractivity contribution in [2.45, 2.75) is 13.3 Å². The maximum absolute atomic E-state index is 12.2. The minimum absolute atomic E-state index is 0.0252. The van der Waals surface area contributed by atoms with Gasteiger partial charge in [0, 0.05) is 6.21 Å². The average molecular weight is 351 g/mol. The van der Waals surface area contributed by atoms with Gasteiger partial charge in [0.1, 0.15) is 16.9 Å². The summed E-state index contributed by atoms with van der Waals surface area (Å²) in [5.41, 5.74) is 1.45. The van der Waals surface area contributed by atoms with Gasteiger partial charge in [0.25, 0.3) is 0 Å². The summed E-state index contributed by atoms with van der Waals surface area (Å²) in [6, 6.07) is 11.7. The molecule has 6 heteroatoms. The summed E-state index contributed by atoms with van der Waals surface area (Å²) in [6.45, 7) is 1.94. The second kappa shape index (κ2) is 7.23. The van der Waals surface area contributed by atoms with E-state index in [4.69, 9.17) is 4.42 Å². The molecule has 0 aliphatic heterocycles. The monoisotopic (exact) mass is 351 g/mol. The zero-order chi connectivity index (χ0) is 18.7. The Labute approximate surface area is 149 Å². The number of esters is 1. The lowest BCUT2D eigenvalue weighted by Gasteiger charge is -2.06. The number of hydrogen-bond acceptors (Lipinski definition) is 6. The molecule has 132 valence electrons. The number of aliphatic imine (C=N–C) groups is 1. The average Bonchev–Trinajstić information content (AvgIpc) is 2.67. The number of carbonyl (C=O) groups is 1. The number of para-hydroxylation sites is 1. The van der Waals surface area contributed by atoms with Gasteiger partial charge in [-0.25, -0.2) is 9.59 Å². The van der Waals surface area contributed by atoms with Crippen LogP contribution in [0.15, 0.2) is 56.7 Å². The van der Waals surface area contributed by atoms with Gasteiger partial charge >= 0.3 is 11.6 Å². The molecular weight excluding hydrogens is 334 g/mol. The van der Waals surface area contributed by atoms with E-state index in [1.165, 1.54) is 13.3 Å². The second-order valence-corrected chi connectivity index (χ2v) is 5.60. The van der Waals surface area contributed by atoms with Crippen LogP contribution in [0.4, 0.5) is 5.69 Å². The molecule has 0 atom stereocenters. The molecule has 0 spiro atoms. The molecule has 0 bridgehead atoms. The van der Waals surface area contributed by atoms with Crippen LogP contribution in [0.5, 0.6) is 5.75 Å². The molecule has 0 radical (unpaired) electrons. The molecule has 0 aliphatic carbocycles. The fraction of sp³-hybridized carbons (Fsp3) is 0.150. The number of rotatable bonds is 4. The summed E-state index contributed by atoms with van der Waals surface area (Å²) in [5, 5.41) is 10.9. The number of aryl methyl sites for hydroxylation is 1. The van der Waals surface area contributed by atoms with Crippen LogP contribution in [0, 0.1) is 0 Å². The highest BCUT2D eigenvalue weighted by atomic mass is 16.5. The van der Waals surface area contributed by atoms with Gasteiger partial charge in [0.15, 0.2) is 0 Å². The summed E-state index contributed by atoms with van der Waals surface area (Å²) >= 11 is 0. The molecule has 0 unspecified atom stereocenters. The smallest absolute Gasteiger partial charge is 0.348 e. The largest absolute Gasteiger partial charge is 0.506 e. The number of carbonyl (C=O) groups excluding carboxylic acids is 1. The highest BCUT2D eigenvalue weighted by Gasteiger charge is 2.14. The van der Waals surface area contributed by atoms with Crippen LogP contribution < -0.4 is 5.63 Å². The van der Waals surface area contributed by atoms with Crippen molar-refractivity contribution in [1.82, 2.24) is 0 Å². The number of ether oxygens (including phenoxy) is 1. The Morgan fingerprint density at radius 1 is 1.23 bits per heavy atom. The fourth-order valence-corrected chi connectivity index (χ4v) is 2.61. The first-order valence-corrected chi connectivity index (χ1v) is 8.05. The van der Waals surface area contributed by atoms with E-state index in [-0.39, 0.29) is 11.3 Å². The normalized spacial score (nSPS) is 11.2. The Morgan fingerprint density at radius 3 is 2.62 bits per heavy atom. The standard InChI is InChI=1S/C20H17NO5/c1-3-12-5-4-6-15-17(22)16(20(24)26-18(12)15)11-21-14-9-7-13(8-10-14)19(23)25-2/h4-11,22H,3H2,1-2H3. The van der Waals surface area contributed by atoms with Gasteiger partial charge in [-0.15, -0.1) is 0 Å². The van der Waals surface area contributed by atoms with Crippen LogP contribution in [0.3, 0.4) is 0 Å². The highest BCUT2D eigenvalue weighted by molar-refractivity contribution is 5.95. The van der Waals surface area contributed by atoms with E-state index >= 15 is 0 Å². The van der Waals surface area contributed by atoms with Gasteiger partial charge in [0.2, 0.25) is 0 Å². The number of aromatic hydroxyl groups is 1. The van der Waals surface area contributed by atoms with E-state index < -0.39 is 11.6 Å². The molecule has 0 fully saturated rings. The molecule has 6 nitrogen and oxygen atoms in total. The molecule has 0 saturated heterocycles. The Balaban J connectivity index is 2.00. The van der Waals surface area contributed by atoms with Crippen LogP contribution in [-0.2, 0) is 11.2 Å². The quantitative estimate of drug-likeness (QED) is 0.441. The zero-order valence-electron chi connectivity index (χ0n) is 14.4. The first kappa shape index (κ1) is 17.4. The van der Waals surface area contributed by atoms with Crippen molar-refractivity contribution < 1.29 is 19.1 Å². The van der Waals surface area contributed by atoms with Crippen molar-refractivity contribution in [1.29, 1.82) is 0 Å². The topological polar surface area (TPSA) is 89.1 Å². The summed E-state index contributed by atoms with van der Waals surface area (Å²) in [4.78, 5) is 27.8. The molecule has 0 amide bonds. The lowest BCUT2D eigenvalue weighted by atomic mass is 10.1. The lowest BCUT2D eigenvalue weighted by Crippen LogP contribution is -2.07. The second-order valence-electron chi connectivity index (χ2n) is 5.60. The third kappa shape index (κ3) is 3.21. The fourth-order valence-electron chi connectivity index (χ4n) is 2.61. The molecule has 0 aliphatic rings. The Kier molecular flexibility index (Phi) is 4.84. The van der Waals surface area contributed by atoms with Crippen LogP contribution in [0.25, 0.3) is 11.0 Å². The minimum atomic E-state index is -0.661. The highest BCUT2D eigenvalue weighted by Crippen LogP contribution is 2.28. The van der Waals surface area contributed by atoms with Gasteiger partial charge < -0.3 is 14.3 Å². The lowest BCUT2D eigenvalue weighted by molar-refractivity contribution is 0.0601. The number of benzene rings is 2. The van der Waals surface area contributed by atoms with E-state index in [0.29, 0.717) is 28.6 Å². The number of hydrogen-bond donors (Lipinski definition) is 1. The maximum Gasteiger partial charge on any atom is 0.348 e. The summed E-state index contributed by atoms with van der Waals surface area (Å²) in [5.74, 6) is -0.610. The first-order chi connectivity index (χ1) is 12.5. The van der Waals surface area contributed by atoms with Crippen LogP contribution in [-0.4, -0.2) is 24.4 Å². The zero-order valence-corrected chi connectivity index (χ0v) is 14.4. The van der Waals surface area contributed by atoms with Gasteiger partial charge in [-0.05, 0) is 42.3 Å². The van der Waals surface area contributed by atoms with Crippen LogP contribution in [0.2, 0.25) is 0 Å². The third-order valence-corrected chi connectivity index (χ3v) is 4.03.